The highest BCUT2D eigenvalue weighted by atomic mass is 16.5. The van der Waals surface area contributed by atoms with Crippen molar-refractivity contribution in [1.29, 1.82) is 0 Å². The Bertz CT molecular complexity index is 1290. The Morgan fingerprint density at radius 2 is 2.15 bits per heavy atom. The molecule has 2 aromatic carbocycles. The number of fused-ring (bicyclic) bond motifs is 2. The van der Waals surface area contributed by atoms with Crippen molar-refractivity contribution in [3.05, 3.63) is 58.9 Å². The second kappa shape index (κ2) is 8.58. The number of amides is 1. The van der Waals surface area contributed by atoms with Gasteiger partial charge in [0.25, 0.3) is 0 Å². The molecule has 1 atom stereocenters. The summed E-state index contributed by atoms with van der Waals surface area (Å²) in [6.07, 6.45) is 2.16. The van der Waals surface area contributed by atoms with E-state index < -0.39 is 0 Å². The van der Waals surface area contributed by atoms with E-state index in [1.54, 1.807) is 23.1 Å². The number of aliphatic hydroxyl groups excluding tert-OH is 1. The van der Waals surface area contributed by atoms with Gasteiger partial charge in [0.1, 0.15) is 5.75 Å². The van der Waals surface area contributed by atoms with Crippen molar-refractivity contribution in [2.24, 2.45) is 0 Å². The molecule has 1 aliphatic heterocycles. The Kier molecular flexibility index (Phi) is 5.58. The Hall–Kier alpha value is -3.70. The van der Waals surface area contributed by atoms with Gasteiger partial charge in [-0.1, -0.05) is 29.4 Å². The third-order valence-electron chi connectivity index (χ3n) is 6.67. The molecule has 1 fully saturated rings. The van der Waals surface area contributed by atoms with Crippen molar-refractivity contribution in [2.45, 2.75) is 44.6 Å². The van der Waals surface area contributed by atoms with Crippen molar-refractivity contribution in [3.8, 4) is 28.6 Å². The number of ether oxygens (including phenoxy) is 1. The number of β-amino-alcohol motifs (C(OH)–C–C–N with tert-alkyl or cyclic N) is 1. The molecule has 0 radical (unpaired) electrons. The lowest BCUT2D eigenvalue weighted by Gasteiger charge is -2.24. The molecule has 1 N–H and O–H groups in total. The van der Waals surface area contributed by atoms with Crippen LogP contribution < -0.4 is 4.74 Å². The highest BCUT2D eigenvalue weighted by Gasteiger charge is 2.48. The number of nitrogens with zero attached hydrogens (tertiary/aromatic N) is 4. The summed E-state index contributed by atoms with van der Waals surface area (Å²) in [6.45, 7) is 12.4. The molecule has 1 unspecified atom stereocenters. The average molecular weight is 459 g/mol. The fourth-order valence-corrected chi connectivity index (χ4v) is 5.22. The molecule has 5 rings (SSSR count). The van der Waals surface area contributed by atoms with Crippen LogP contribution in [-0.2, 0) is 16.6 Å². The van der Waals surface area contributed by atoms with E-state index in [0.29, 0.717) is 42.3 Å². The van der Waals surface area contributed by atoms with Crippen LogP contribution in [0.2, 0.25) is 0 Å². The highest BCUT2D eigenvalue weighted by Crippen LogP contribution is 2.48. The van der Waals surface area contributed by atoms with Crippen LogP contribution in [0.5, 0.6) is 5.75 Å². The maximum absolute atomic E-state index is 12.5. The minimum atomic E-state index is -0.228. The van der Waals surface area contributed by atoms with E-state index in [4.69, 9.17) is 15.8 Å². The predicted molar refractivity (Wildman–Crippen MR) is 125 cm³/mol. The number of likely N-dealkylation sites (tertiary alicyclic amines) is 1. The molecule has 0 bridgehead atoms. The predicted octanol–water partition coefficient (Wildman–Crippen LogP) is 4.15. The van der Waals surface area contributed by atoms with Crippen LogP contribution in [-0.4, -0.2) is 51.9 Å². The summed E-state index contributed by atoms with van der Waals surface area (Å²) in [7, 11) is 0. The number of carbonyl (C=O) groups excluding carboxylic acids is 1. The molecule has 0 saturated carbocycles. The van der Waals surface area contributed by atoms with Crippen molar-refractivity contribution in [1.82, 2.24) is 15.0 Å². The largest absolute Gasteiger partial charge is 0.492 e. The second-order valence-electron chi connectivity index (χ2n) is 9.21. The van der Waals surface area contributed by atoms with Gasteiger partial charge in [0, 0.05) is 36.1 Å². The zero-order valence-corrected chi connectivity index (χ0v) is 19.2. The van der Waals surface area contributed by atoms with E-state index in [1.165, 1.54) is 0 Å². The number of carbonyl (C=O) groups is 1. The summed E-state index contributed by atoms with van der Waals surface area (Å²) in [5, 5.41) is 13.5. The Balaban J connectivity index is 1.48. The van der Waals surface area contributed by atoms with Crippen molar-refractivity contribution < 1.29 is 19.2 Å². The SMILES string of the molecule is [C-]#[N+]c1cc(OC(C)C)ccc1-c1nc(-c2cccc3c2CCC32CC(=O)N(CCO)C2)no1. The summed E-state index contributed by atoms with van der Waals surface area (Å²) in [5.74, 6) is 1.47. The third-order valence-corrected chi connectivity index (χ3v) is 6.67. The molecule has 1 aliphatic carbocycles. The summed E-state index contributed by atoms with van der Waals surface area (Å²) in [4.78, 5) is 22.5. The van der Waals surface area contributed by atoms with Crippen LogP contribution >= 0.6 is 0 Å². The van der Waals surface area contributed by atoms with Gasteiger partial charge >= 0.3 is 0 Å². The van der Waals surface area contributed by atoms with Gasteiger partial charge in [-0.3, -0.25) is 4.79 Å². The molecule has 34 heavy (non-hydrogen) atoms. The standard InChI is InChI=1S/C26H26N4O4/c1-16(2)33-17-7-8-20(22(13-17)27-3)25-28-24(29-34-25)19-5-4-6-21-18(19)9-10-26(21)14-23(32)30(15-26)11-12-31/h4-8,13,16,31H,9-12,14-15H2,1-2H3. The number of rotatable bonds is 6. The second-order valence-corrected chi connectivity index (χ2v) is 9.21. The van der Waals surface area contributed by atoms with Crippen LogP contribution in [0.15, 0.2) is 40.9 Å². The van der Waals surface area contributed by atoms with E-state index in [0.717, 1.165) is 29.5 Å². The first-order valence-electron chi connectivity index (χ1n) is 11.5. The Morgan fingerprint density at radius 1 is 1.29 bits per heavy atom. The number of benzene rings is 2. The number of aromatic nitrogens is 2. The van der Waals surface area contributed by atoms with Gasteiger partial charge in [0.2, 0.25) is 23.3 Å². The molecule has 2 heterocycles. The monoisotopic (exact) mass is 458 g/mol. The first-order chi connectivity index (χ1) is 16.4. The lowest BCUT2D eigenvalue weighted by atomic mass is 9.80. The van der Waals surface area contributed by atoms with E-state index in [-0.39, 0.29) is 29.9 Å². The van der Waals surface area contributed by atoms with Crippen molar-refractivity contribution >= 4 is 11.6 Å². The normalized spacial score (nSPS) is 19.1. The molecule has 8 nitrogen and oxygen atoms in total. The Morgan fingerprint density at radius 3 is 2.91 bits per heavy atom. The van der Waals surface area contributed by atoms with E-state index in [9.17, 15) is 9.90 Å². The van der Waals surface area contributed by atoms with Crippen molar-refractivity contribution in [2.75, 3.05) is 19.7 Å². The summed E-state index contributed by atoms with van der Waals surface area (Å²) in [6, 6.07) is 11.3. The van der Waals surface area contributed by atoms with E-state index >= 15 is 0 Å². The zero-order valence-electron chi connectivity index (χ0n) is 19.2. The molecule has 1 spiro atoms. The maximum Gasteiger partial charge on any atom is 0.247 e. The quantitative estimate of drug-likeness (QED) is 0.558. The molecule has 174 valence electrons. The summed E-state index contributed by atoms with van der Waals surface area (Å²) >= 11 is 0. The third kappa shape index (κ3) is 3.72. The molecule has 1 aromatic heterocycles. The first kappa shape index (κ1) is 22.1. The van der Waals surface area contributed by atoms with Crippen LogP contribution in [0.4, 0.5) is 5.69 Å². The maximum atomic E-state index is 12.5. The van der Waals surface area contributed by atoms with E-state index in [2.05, 4.69) is 21.1 Å². The van der Waals surface area contributed by atoms with E-state index in [1.807, 2.05) is 26.0 Å². The van der Waals surface area contributed by atoms with Gasteiger partial charge in [0.05, 0.1) is 19.3 Å². The molecule has 2 aliphatic rings. The van der Waals surface area contributed by atoms with Gasteiger partial charge in [-0.15, -0.1) is 0 Å². The van der Waals surface area contributed by atoms with Crippen LogP contribution in [0, 0.1) is 6.57 Å². The minimum Gasteiger partial charge on any atom is -0.492 e. The molecule has 1 saturated heterocycles. The van der Waals surface area contributed by atoms with Crippen molar-refractivity contribution in [3.63, 3.8) is 0 Å². The number of hydrogen-bond acceptors (Lipinski definition) is 6. The van der Waals surface area contributed by atoms with Gasteiger partial charge < -0.3 is 19.3 Å². The Labute approximate surface area is 198 Å². The van der Waals surface area contributed by atoms with Gasteiger partial charge in [-0.05, 0) is 49.9 Å². The number of aliphatic hydroxyl groups is 1. The first-order valence-corrected chi connectivity index (χ1v) is 11.5. The molecular formula is C26H26N4O4. The molecular weight excluding hydrogens is 432 g/mol. The number of hydrogen-bond donors (Lipinski definition) is 1. The summed E-state index contributed by atoms with van der Waals surface area (Å²) in [5.41, 5.74) is 3.91. The van der Waals surface area contributed by atoms with Gasteiger partial charge in [-0.2, -0.15) is 4.98 Å². The average Bonchev–Trinajstić information content (AvgIpc) is 3.52. The molecule has 8 heteroatoms. The molecule has 1 amide bonds. The lowest BCUT2D eigenvalue weighted by molar-refractivity contribution is -0.128. The van der Waals surface area contributed by atoms with Gasteiger partial charge in [-0.25, -0.2) is 4.85 Å². The smallest absolute Gasteiger partial charge is 0.247 e. The van der Waals surface area contributed by atoms with Gasteiger partial charge in [0.15, 0.2) is 0 Å². The topological polar surface area (TPSA) is 93.0 Å². The molecule has 3 aromatic rings. The highest BCUT2D eigenvalue weighted by molar-refractivity contribution is 5.82. The minimum absolute atomic E-state index is 0.00814. The lowest BCUT2D eigenvalue weighted by Crippen LogP contribution is -2.32. The van der Waals surface area contributed by atoms with Crippen LogP contribution in [0.1, 0.15) is 37.8 Å². The zero-order chi connectivity index (χ0) is 23.9. The van der Waals surface area contributed by atoms with Crippen LogP contribution in [0.3, 0.4) is 0 Å². The summed E-state index contributed by atoms with van der Waals surface area (Å²) < 4.78 is 11.3. The fourth-order valence-electron chi connectivity index (χ4n) is 5.22. The fraction of sp³-hybridized carbons (Fsp3) is 0.385. The van der Waals surface area contributed by atoms with Crippen LogP contribution in [0.25, 0.3) is 27.7 Å².